The van der Waals surface area contributed by atoms with Gasteiger partial charge < -0.3 is 20.3 Å². The first-order valence-electron chi connectivity index (χ1n) is 13.6. The molecule has 0 fully saturated rings. The highest BCUT2D eigenvalue weighted by Gasteiger charge is 2.31. The van der Waals surface area contributed by atoms with Crippen LogP contribution in [0, 0.1) is 0 Å². The van der Waals surface area contributed by atoms with Crippen LogP contribution < -0.4 is 10.2 Å². The van der Waals surface area contributed by atoms with Crippen LogP contribution in [0.5, 0.6) is 0 Å². The number of carbonyl (C=O) groups excluding carboxylic acids is 3. The monoisotopic (exact) mass is 647 g/mol. The fourth-order valence-electron chi connectivity index (χ4n) is 4.79. The van der Waals surface area contributed by atoms with E-state index in [9.17, 15) is 42.6 Å². The number of nitrogens with zero attached hydrogens (tertiary/aromatic N) is 2. The predicted octanol–water partition coefficient (Wildman–Crippen LogP) is 4.29. The third-order valence-corrected chi connectivity index (χ3v) is 8.13. The molecule has 0 radical (unpaired) electrons. The number of rotatable bonds is 9. The lowest BCUT2D eigenvalue weighted by Gasteiger charge is -2.26. The number of hydrogen-bond acceptors (Lipinski definition) is 9. The number of methoxy groups -OCH3 is 1. The van der Waals surface area contributed by atoms with Gasteiger partial charge in [-0.15, -0.1) is 0 Å². The molecule has 238 valence electrons. The minimum atomic E-state index is -3.45. The zero-order valence-corrected chi connectivity index (χ0v) is 25.6. The number of sulfone groups is 1. The SMILES string of the molecule is COC(=O)N(Cc1ccc(S(C)(=O)=O)cc1)C(=O)[C@H](C)Nc1ccc(N(C(=O)C(=O)O)c2ccccc2C(=O)O)c2ccccc12. The maximum atomic E-state index is 13.5. The minimum Gasteiger partial charge on any atom is -0.478 e. The first-order chi connectivity index (χ1) is 21.7. The van der Waals surface area contributed by atoms with Crippen molar-refractivity contribution in [2.75, 3.05) is 23.6 Å². The summed E-state index contributed by atoms with van der Waals surface area (Å²) in [6, 6.07) is 19.7. The number of benzene rings is 4. The van der Waals surface area contributed by atoms with E-state index in [-0.39, 0.29) is 28.4 Å². The van der Waals surface area contributed by atoms with Gasteiger partial charge >= 0.3 is 23.9 Å². The lowest BCUT2D eigenvalue weighted by Crippen LogP contribution is -2.44. The molecule has 0 aliphatic heterocycles. The molecule has 0 aliphatic rings. The van der Waals surface area contributed by atoms with Gasteiger partial charge in [0, 0.05) is 22.7 Å². The number of anilines is 3. The van der Waals surface area contributed by atoms with Crippen LogP contribution in [0.4, 0.5) is 21.9 Å². The summed E-state index contributed by atoms with van der Waals surface area (Å²) in [7, 11) is -2.33. The van der Waals surface area contributed by atoms with Gasteiger partial charge in [-0.1, -0.05) is 48.5 Å². The second kappa shape index (κ2) is 13.5. The molecule has 4 aromatic rings. The van der Waals surface area contributed by atoms with Crippen LogP contribution in [0.2, 0.25) is 0 Å². The average molecular weight is 648 g/mol. The zero-order valence-electron chi connectivity index (χ0n) is 24.8. The van der Waals surface area contributed by atoms with Crippen molar-refractivity contribution >= 4 is 67.5 Å². The van der Waals surface area contributed by atoms with Gasteiger partial charge in [-0.05, 0) is 48.9 Å². The summed E-state index contributed by atoms with van der Waals surface area (Å²) < 4.78 is 28.4. The quantitative estimate of drug-likeness (QED) is 0.220. The van der Waals surface area contributed by atoms with Crippen molar-refractivity contribution in [2.24, 2.45) is 0 Å². The topological polar surface area (TPSA) is 188 Å². The van der Waals surface area contributed by atoms with Crippen molar-refractivity contribution in [2.45, 2.75) is 24.4 Å². The molecule has 0 bridgehead atoms. The Morgan fingerprint density at radius 2 is 1.43 bits per heavy atom. The van der Waals surface area contributed by atoms with Gasteiger partial charge in [0.05, 0.1) is 35.5 Å². The number of nitrogens with one attached hydrogen (secondary N) is 1. The number of para-hydroxylation sites is 1. The van der Waals surface area contributed by atoms with Gasteiger partial charge in [-0.2, -0.15) is 0 Å². The summed E-state index contributed by atoms with van der Waals surface area (Å²) in [6.45, 7) is 1.30. The number of amides is 3. The van der Waals surface area contributed by atoms with E-state index in [1.807, 2.05) is 0 Å². The second-order valence-corrected chi connectivity index (χ2v) is 12.1. The van der Waals surface area contributed by atoms with Crippen molar-refractivity contribution < 1.29 is 47.3 Å². The van der Waals surface area contributed by atoms with Gasteiger partial charge in [0.2, 0.25) is 0 Å². The molecule has 3 amide bonds. The largest absolute Gasteiger partial charge is 0.478 e. The average Bonchev–Trinajstić information content (AvgIpc) is 3.03. The Balaban J connectivity index is 1.71. The maximum absolute atomic E-state index is 13.5. The predicted molar refractivity (Wildman–Crippen MR) is 168 cm³/mol. The van der Waals surface area contributed by atoms with Gasteiger partial charge in [0.25, 0.3) is 5.91 Å². The Kier molecular flexibility index (Phi) is 9.71. The van der Waals surface area contributed by atoms with Crippen molar-refractivity contribution in [3.8, 4) is 0 Å². The molecule has 0 aliphatic carbocycles. The van der Waals surface area contributed by atoms with Gasteiger partial charge in [-0.3, -0.25) is 14.5 Å². The molecule has 4 rings (SSSR count). The second-order valence-electron chi connectivity index (χ2n) is 10.1. The third kappa shape index (κ3) is 6.97. The molecule has 0 unspecified atom stereocenters. The Morgan fingerprint density at radius 1 is 0.826 bits per heavy atom. The number of carboxylic acids is 2. The van der Waals surface area contributed by atoms with Crippen molar-refractivity contribution in [3.63, 3.8) is 0 Å². The number of aliphatic carboxylic acids is 1. The van der Waals surface area contributed by atoms with Crippen LogP contribution in [-0.4, -0.2) is 72.8 Å². The van der Waals surface area contributed by atoms with E-state index in [0.717, 1.165) is 23.2 Å². The smallest absolute Gasteiger partial charge is 0.416 e. The molecule has 13 nitrogen and oxygen atoms in total. The van der Waals surface area contributed by atoms with E-state index in [1.54, 1.807) is 24.3 Å². The molecule has 0 heterocycles. The molecule has 46 heavy (non-hydrogen) atoms. The third-order valence-electron chi connectivity index (χ3n) is 7.00. The molecule has 4 aromatic carbocycles. The summed E-state index contributed by atoms with van der Waals surface area (Å²) in [5, 5.41) is 23.2. The van der Waals surface area contributed by atoms with Crippen LogP contribution in [0.3, 0.4) is 0 Å². The number of hydrogen-bond donors (Lipinski definition) is 3. The summed E-state index contributed by atoms with van der Waals surface area (Å²) >= 11 is 0. The van der Waals surface area contributed by atoms with Gasteiger partial charge in [0.1, 0.15) is 6.04 Å². The first-order valence-corrected chi connectivity index (χ1v) is 15.5. The summed E-state index contributed by atoms with van der Waals surface area (Å²) in [5.41, 5.74) is 0.483. The number of fused-ring (bicyclic) bond motifs is 1. The van der Waals surface area contributed by atoms with Crippen molar-refractivity contribution in [1.82, 2.24) is 4.90 Å². The van der Waals surface area contributed by atoms with Crippen LogP contribution in [-0.2, 0) is 35.5 Å². The Hall–Kier alpha value is -5.76. The Bertz CT molecular complexity index is 1960. The first kappa shape index (κ1) is 33.1. The molecule has 0 saturated carbocycles. The van der Waals surface area contributed by atoms with E-state index < -0.39 is 45.7 Å². The number of imide groups is 1. The minimum absolute atomic E-state index is 0.0765. The number of aromatic carboxylic acids is 1. The molecule has 1 atom stereocenters. The summed E-state index contributed by atoms with van der Waals surface area (Å²) in [4.78, 5) is 64.7. The van der Waals surface area contributed by atoms with E-state index in [4.69, 9.17) is 4.74 Å². The number of carboxylic acid groups (broad SMARTS) is 2. The highest BCUT2D eigenvalue weighted by molar-refractivity contribution is 7.90. The van der Waals surface area contributed by atoms with Crippen molar-refractivity contribution in [1.29, 1.82) is 0 Å². The summed E-state index contributed by atoms with van der Waals surface area (Å²) in [6.07, 6.45) is 0.123. The fourth-order valence-corrected chi connectivity index (χ4v) is 5.42. The molecular weight excluding hydrogens is 618 g/mol. The molecular formula is C32H29N3O10S. The molecule has 0 saturated heterocycles. The fraction of sp³-hybridized carbons (Fsp3) is 0.156. The Labute approximate surface area is 263 Å². The standard InChI is InChI=1S/C32H29N3O10S/c1-19(28(36)34(32(42)45-2)18-20-12-14-21(15-13-20)46(3,43)44)33-25-16-17-27(23-9-5-4-8-22(23)25)35(29(37)31(40)41)26-11-7-6-10-24(26)30(38)39/h4-17,19,33H,18H2,1-3H3,(H,38,39)(H,40,41)/t19-/m0/s1. The normalized spacial score (nSPS) is 11.7. The van der Waals surface area contributed by atoms with E-state index >= 15 is 0 Å². The summed E-state index contributed by atoms with van der Waals surface area (Å²) in [5.74, 6) is -5.23. The lowest BCUT2D eigenvalue weighted by atomic mass is 10.0. The van der Waals surface area contributed by atoms with E-state index in [1.165, 1.54) is 67.6 Å². The molecule has 3 N–H and O–H groups in total. The number of carbonyl (C=O) groups is 5. The lowest BCUT2D eigenvalue weighted by molar-refractivity contribution is -0.148. The van der Waals surface area contributed by atoms with Crippen LogP contribution in [0.1, 0.15) is 22.8 Å². The van der Waals surface area contributed by atoms with E-state index in [0.29, 0.717) is 22.0 Å². The number of ether oxygens (including phenoxy) is 1. The highest BCUT2D eigenvalue weighted by Crippen LogP contribution is 2.38. The molecule has 14 heteroatoms. The van der Waals surface area contributed by atoms with Gasteiger partial charge in [-0.25, -0.2) is 27.7 Å². The molecule has 0 aromatic heterocycles. The van der Waals surface area contributed by atoms with Crippen LogP contribution >= 0.6 is 0 Å². The van der Waals surface area contributed by atoms with Gasteiger partial charge in [0.15, 0.2) is 9.84 Å². The molecule has 0 spiro atoms. The Morgan fingerprint density at radius 3 is 2.02 bits per heavy atom. The van der Waals surface area contributed by atoms with Crippen LogP contribution in [0.15, 0.2) is 89.8 Å². The zero-order chi connectivity index (χ0) is 33.8. The highest BCUT2D eigenvalue weighted by atomic mass is 32.2. The van der Waals surface area contributed by atoms with Crippen molar-refractivity contribution in [3.05, 3.63) is 96.1 Å². The van der Waals surface area contributed by atoms with Crippen LogP contribution in [0.25, 0.3) is 10.8 Å². The van der Waals surface area contributed by atoms with E-state index in [2.05, 4.69) is 5.32 Å². The maximum Gasteiger partial charge on any atom is 0.416 e.